The first kappa shape index (κ1) is 17.7. The van der Waals surface area contributed by atoms with Crippen molar-refractivity contribution in [2.75, 3.05) is 6.54 Å². The average Bonchev–Trinajstić information content (AvgIpc) is 2.95. The zero-order chi connectivity index (χ0) is 17.0. The van der Waals surface area contributed by atoms with Crippen molar-refractivity contribution in [2.24, 2.45) is 0 Å². The predicted molar refractivity (Wildman–Crippen MR) is 93.3 cm³/mol. The zero-order valence-electron chi connectivity index (χ0n) is 14.2. The van der Waals surface area contributed by atoms with Crippen LogP contribution >= 0.6 is 15.9 Å². The summed E-state index contributed by atoms with van der Waals surface area (Å²) in [5, 5.41) is 11.8. The van der Waals surface area contributed by atoms with Gasteiger partial charge >= 0.3 is 0 Å². The molecule has 126 valence electrons. The molecule has 2 aromatic heterocycles. The highest BCUT2D eigenvalue weighted by atomic mass is 79.9. The molecule has 1 N–H and O–H groups in total. The largest absolute Gasteiger partial charge is 0.356 e. The number of rotatable bonds is 7. The van der Waals surface area contributed by atoms with E-state index in [4.69, 9.17) is 0 Å². The number of carbonyl (C=O) groups is 1. The van der Waals surface area contributed by atoms with E-state index in [-0.39, 0.29) is 5.91 Å². The summed E-state index contributed by atoms with van der Waals surface area (Å²) in [7, 11) is 0. The van der Waals surface area contributed by atoms with Gasteiger partial charge in [-0.3, -0.25) is 14.2 Å². The number of amides is 1. The molecule has 0 aliphatic rings. The summed E-state index contributed by atoms with van der Waals surface area (Å²) in [5.74, 6) is 0.0621. The highest BCUT2D eigenvalue weighted by Gasteiger charge is 2.08. The molecule has 0 saturated heterocycles. The Hall–Kier alpha value is -1.63. The maximum atomic E-state index is 11.9. The van der Waals surface area contributed by atoms with Crippen molar-refractivity contribution in [3.63, 3.8) is 0 Å². The number of nitrogens with zero attached hydrogens (tertiary/aromatic N) is 4. The first-order valence-electron chi connectivity index (χ1n) is 7.85. The molecule has 23 heavy (non-hydrogen) atoms. The highest BCUT2D eigenvalue weighted by molar-refractivity contribution is 9.10. The summed E-state index contributed by atoms with van der Waals surface area (Å²) in [4.78, 5) is 11.9. The second-order valence-electron chi connectivity index (χ2n) is 5.81. The highest BCUT2D eigenvalue weighted by Crippen LogP contribution is 2.19. The molecule has 2 aromatic rings. The molecule has 0 radical (unpaired) electrons. The van der Waals surface area contributed by atoms with Gasteiger partial charge in [-0.25, -0.2) is 0 Å². The Morgan fingerprint density at radius 3 is 2.48 bits per heavy atom. The third-order valence-corrected chi connectivity index (χ3v) is 4.96. The van der Waals surface area contributed by atoms with Crippen molar-refractivity contribution < 1.29 is 4.79 Å². The predicted octanol–water partition coefficient (Wildman–Crippen LogP) is 2.67. The Kier molecular flexibility index (Phi) is 5.98. The maximum Gasteiger partial charge on any atom is 0.221 e. The molecular formula is C16H24BrN5O. The van der Waals surface area contributed by atoms with E-state index in [1.165, 1.54) is 0 Å². The van der Waals surface area contributed by atoms with Crippen LogP contribution in [0.15, 0.2) is 10.5 Å². The van der Waals surface area contributed by atoms with Crippen LogP contribution in [0.2, 0.25) is 0 Å². The molecule has 2 rings (SSSR count). The summed E-state index contributed by atoms with van der Waals surface area (Å²) in [5.41, 5.74) is 4.19. The molecule has 0 aliphatic carbocycles. The van der Waals surface area contributed by atoms with E-state index >= 15 is 0 Å². The fourth-order valence-electron chi connectivity index (χ4n) is 2.55. The number of halogens is 1. The first-order chi connectivity index (χ1) is 10.9. The summed E-state index contributed by atoms with van der Waals surface area (Å²) in [6.07, 6.45) is 1.31. The standard InChI is InChI=1S/C16H24BrN5O/c1-11-10-12(2)21(19-11)9-6-15(23)18-7-5-8-22-14(4)16(17)13(3)20-22/h10H,5-9H2,1-4H3,(H,18,23). The van der Waals surface area contributed by atoms with Gasteiger partial charge < -0.3 is 5.32 Å². The average molecular weight is 382 g/mol. The van der Waals surface area contributed by atoms with E-state index in [2.05, 4.69) is 31.4 Å². The summed E-state index contributed by atoms with van der Waals surface area (Å²) >= 11 is 3.52. The number of aryl methyl sites for hydroxylation is 5. The van der Waals surface area contributed by atoms with E-state index in [9.17, 15) is 4.79 Å². The molecule has 0 spiro atoms. The third kappa shape index (κ3) is 4.67. The van der Waals surface area contributed by atoms with E-state index in [1.54, 1.807) is 0 Å². The van der Waals surface area contributed by atoms with Crippen LogP contribution in [0.5, 0.6) is 0 Å². The van der Waals surface area contributed by atoms with Crippen LogP contribution < -0.4 is 5.32 Å². The smallest absolute Gasteiger partial charge is 0.221 e. The van der Waals surface area contributed by atoms with Gasteiger partial charge in [-0.2, -0.15) is 10.2 Å². The normalized spacial score (nSPS) is 11.0. The lowest BCUT2D eigenvalue weighted by atomic mass is 10.3. The molecule has 0 aliphatic heterocycles. The fraction of sp³-hybridized carbons (Fsp3) is 0.562. The molecule has 0 aromatic carbocycles. The lowest BCUT2D eigenvalue weighted by Gasteiger charge is -2.08. The van der Waals surface area contributed by atoms with Gasteiger partial charge in [0.25, 0.3) is 0 Å². The van der Waals surface area contributed by atoms with Crippen LogP contribution in [0.4, 0.5) is 0 Å². The second-order valence-corrected chi connectivity index (χ2v) is 6.60. The second kappa shape index (κ2) is 7.77. The number of carbonyl (C=O) groups excluding carboxylic acids is 1. The van der Waals surface area contributed by atoms with Crippen molar-refractivity contribution in [1.29, 1.82) is 0 Å². The quantitative estimate of drug-likeness (QED) is 0.749. The first-order valence-corrected chi connectivity index (χ1v) is 8.65. The Morgan fingerprint density at radius 2 is 1.91 bits per heavy atom. The van der Waals surface area contributed by atoms with Gasteiger partial charge in [-0.15, -0.1) is 0 Å². The Morgan fingerprint density at radius 1 is 1.17 bits per heavy atom. The van der Waals surface area contributed by atoms with Crippen LogP contribution in [0.25, 0.3) is 0 Å². The van der Waals surface area contributed by atoms with Gasteiger partial charge in [-0.05, 0) is 56.1 Å². The van der Waals surface area contributed by atoms with Crippen molar-refractivity contribution in [3.05, 3.63) is 33.3 Å². The maximum absolute atomic E-state index is 11.9. The van der Waals surface area contributed by atoms with Crippen LogP contribution in [0.3, 0.4) is 0 Å². The van der Waals surface area contributed by atoms with Crippen LogP contribution in [-0.4, -0.2) is 32.0 Å². The van der Waals surface area contributed by atoms with Crippen molar-refractivity contribution in [1.82, 2.24) is 24.9 Å². The van der Waals surface area contributed by atoms with Crippen LogP contribution in [0.1, 0.15) is 35.6 Å². The summed E-state index contributed by atoms with van der Waals surface area (Å²) in [6, 6.07) is 2.02. The Labute approximate surface area is 145 Å². The third-order valence-electron chi connectivity index (χ3n) is 3.82. The number of hydrogen-bond acceptors (Lipinski definition) is 3. The molecule has 1 amide bonds. The van der Waals surface area contributed by atoms with Crippen molar-refractivity contribution in [3.8, 4) is 0 Å². The lowest BCUT2D eigenvalue weighted by molar-refractivity contribution is -0.121. The van der Waals surface area contributed by atoms with Crippen LogP contribution in [-0.2, 0) is 17.9 Å². The summed E-state index contributed by atoms with van der Waals surface area (Å²) < 4.78 is 4.91. The number of aromatic nitrogens is 4. The molecule has 7 heteroatoms. The number of hydrogen-bond donors (Lipinski definition) is 1. The van der Waals surface area contributed by atoms with E-state index in [0.717, 1.165) is 40.2 Å². The van der Waals surface area contributed by atoms with E-state index < -0.39 is 0 Å². The summed E-state index contributed by atoms with van der Waals surface area (Å²) in [6.45, 7) is 10.1. The minimum atomic E-state index is 0.0621. The van der Waals surface area contributed by atoms with Gasteiger partial charge in [0.05, 0.1) is 15.9 Å². The fourth-order valence-corrected chi connectivity index (χ4v) is 2.83. The Bertz CT molecular complexity index is 689. The molecule has 6 nitrogen and oxygen atoms in total. The molecule has 0 saturated carbocycles. The molecule has 2 heterocycles. The van der Waals surface area contributed by atoms with Gasteiger partial charge in [0.1, 0.15) is 0 Å². The van der Waals surface area contributed by atoms with Gasteiger partial charge in [0.15, 0.2) is 0 Å². The molecule has 0 atom stereocenters. The van der Waals surface area contributed by atoms with E-state index in [0.29, 0.717) is 19.5 Å². The lowest BCUT2D eigenvalue weighted by Crippen LogP contribution is -2.26. The number of nitrogens with one attached hydrogen (secondary N) is 1. The minimum absolute atomic E-state index is 0.0621. The molecule has 0 unspecified atom stereocenters. The SMILES string of the molecule is Cc1cc(C)n(CCC(=O)NCCCn2nc(C)c(Br)c2C)n1. The monoisotopic (exact) mass is 381 g/mol. The van der Waals surface area contributed by atoms with E-state index in [1.807, 2.05) is 43.1 Å². The molecule has 0 fully saturated rings. The van der Waals surface area contributed by atoms with Gasteiger partial charge in [0.2, 0.25) is 5.91 Å². The van der Waals surface area contributed by atoms with Crippen LogP contribution in [0, 0.1) is 27.7 Å². The molecule has 0 bridgehead atoms. The zero-order valence-corrected chi connectivity index (χ0v) is 15.8. The topological polar surface area (TPSA) is 64.7 Å². The minimum Gasteiger partial charge on any atom is -0.356 e. The van der Waals surface area contributed by atoms with Crippen molar-refractivity contribution in [2.45, 2.75) is 53.6 Å². The van der Waals surface area contributed by atoms with Gasteiger partial charge in [-0.1, -0.05) is 0 Å². The van der Waals surface area contributed by atoms with Crippen molar-refractivity contribution >= 4 is 21.8 Å². The van der Waals surface area contributed by atoms with Gasteiger partial charge in [0, 0.05) is 37.4 Å². The molecular weight excluding hydrogens is 358 g/mol. The Balaban J connectivity index is 1.68.